The number of aliphatic imine (C=N–C) groups is 1. The average Bonchev–Trinajstić information content (AvgIpc) is 3.12. The van der Waals surface area contributed by atoms with Crippen molar-refractivity contribution in [2.45, 2.75) is 52.2 Å². The van der Waals surface area contributed by atoms with Crippen molar-refractivity contribution in [2.24, 2.45) is 12.0 Å². The first-order valence-electron chi connectivity index (χ1n) is 11.3. The quantitative estimate of drug-likeness (QED) is 0.196. The molecule has 0 unspecified atom stereocenters. The van der Waals surface area contributed by atoms with Gasteiger partial charge in [-0.2, -0.15) is 11.8 Å². The Morgan fingerprint density at radius 2 is 1.78 bits per heavy atom. The minimum absolute atomic E-state index is 0. The lowest BCUT2D eigenvalue weighted by Crippen LogP contribution is -2.38. The lowest BCUT2D eigenvalue weighted by atomic mass is 10.1. The highest BCUT2D eigenvalue weighted by molar-refractivity contribution is 14.0. The minimum Gasteiger partial charge on any atom is -0.356 e. The van der Waals surface area contributed by atoms with E-state index in [2.05, 4.69) is 56.3 Å². The van der Waals surface area contributed by atoms with Crippen molar-refractivity contribution in [2.75, 3.05) is 31.6 Å². The van der Waals surface area contributed by atoms with Crippen LogP contribution < -0.4 is 10.6 Å². The first-order chi connectivity index (χ1) is 15.2. The standard InChI is InChI=1S/C23H37N7S.HI/c1-19-27-28-22(29(19)2)17-26-23(24-12-7-15-31-3)25-16-20-8-10-21(11-9-20)18-30-13-5-4-6-14-30;/h8-11H,4-7,12-18H2,1-3H3,(H2,24,25,26);1H. The first kappa shape index (κ1) is 26.9. The summed E-state index contributed by atoms with van der Waals surface area (Å²) >= 11 is 1.87. The summed E-state index contributed by atoms with van der Waals surface area (Å²) < 4.78 is 2.00. The number of benzene rings is 1. The molecular weight excluding hydrogens is 533 g/mol. The van der Waals surface area contributed by atoms with Crippen LogP contribution in [0, 0.1) is 6.92 Å². The van der Waals surface area contributed by atoms with E-state index in [0.717, 1.165) is 42.9 Å². The molecule has 0 radical (unpaired) electrons. The van der Waals surface area contributed by atoms with Gasteiger partial charge in [0.25, 0.3) is 0 Å². The maximum absolute atomic E-state index is 4.81. The molecule has 2 heterocycles. The third-order valence-corrected chi connectivity index (χ3v) is 6.41. The monoisotopic (exact) mass is 571 g/mol. The molecule has 0 amide bonds. The number of nitrogens with one attached hydrogen (secondary N) is 2. The zero-order chi connectivity index (χ0) is 21.9. The van der Waals surface area contributed by atoms with Gasteiger partial charge in [0, 0.05) is 20.1 Å². The van der Waals surface area contributed by atoms with Gasteiger partial charge in [-0.1, -0.05) is 30.7 Å². The van der Waals surface area contributed by atoms with Crippen LogP contribution in [0.25, 0.3) is 0 Å². The zero-order valence-corrected chi connectivity index (χ0v) is 22.8. The molecule has 7 nitrogen and oxygen atoms in total. The van der Waals surface area contributed by atoms with Crippen molar-refractivity contribution in [3.8, 4) is 0 Å². The molecule has 0 saturated carbocycles. The molecular formula is C23H38IN7S. The van der Waals surface area contributed by atoms with Crippen molar-refractivity contribution in [3.63, 3.8) is 0 Å². The molecule has 178 valence electrons. The van der Waals surface area contributed by atoms with Crippen LogP contribution in [0.1, 0.15) is 48.5 Å². The Bertz CT molecular complexity index is 816. The second-order valence-electron chi connectivity index (χ2n) is 8.17. The fourth-order valence-corrected chi connectivity index (χ4v) is 4.09. The van der Waals surface area contributed by atoms with Crippen LogP contribution in [0.5, 0.6) is 0 Å². The second-order valence-corrected chi connectivity index (χ2v) is 9.15. The molecule has 3 rings (SSSR count). The fourth-order valence-electron chi connectivity index (χ4n) is 3.66. The number of guanidine groups is 1. The van der Waals surface area contributed by atoms with Crippen LogP contribution in [-0.2, 0) is 26.7 Å². The highest BCUT2D eigenvalue weighted by atomic mass is 127. The molecule has 1 fully saturated rings. The molecule has 32 heavy (non-hydrogen) atoms. The van der Waals surface area contributed by atoms with Gasteiger partial charge in [0.2, 0.25) is 0 Å². The number of aromatic nitrogens is 3. The highest BCUT2D eigenvalue weighted by Gasteiger charge is 2.10. The van der Waals surface area contributed by atoms with Crippen LogP contribution in [0.2, 0.25) is 0 Å². The smallest absolute Gasteiger partial charge is 0.191 e. The number of likely N-dealkylation sites (tertiary alicyclic amines) is 1. The molecule has 2 aromatic rings. The van der Waals surface area contributed by atoms with E-state index in [4.69, 9.17) is 4.99 Å². The van der Waals surface area contributed by atoms with E-state index >= 15 is 0 Å². The van der Waals surface area contributed by atoms with Gasteiger partial charge >= 0.3 is 0 Å². The number of rotatable bonds is 10. The van der Waals surface area contributed by atoms with Crippen molar-refractivity contribution in [1.82, 2.24) is 30.3 Å². The lowest BCUT2D eigenvalue weighted by molar-refractivity contribution is 0.221. The maximum atomic E-state index is 4.81. The topological polar surface area (TPSA) is 70.4 Å². The molecule has 1 saturated heterocycles. The molecule has 2 N–H and O–H groups in total. The third-order valence-electron chi connectivity index (χ3n) is 5.71. The average molecular weight is 572 g/mol. The van der Waals surface area contributed by atoms with E-state index in [1.165, 1.54) is 43.5 Å². The summed E-state index contributed by atoms with van der Waals surface area (Å²) in [5.41, 5.74) is 2.61. The first-order valence-corrected chi connectivity index (χ1v) is 12.7. The molecule has 1 aliphatic heterocycles. The number of piperidine rings is 1. The van der Waals surface area contributed by atoms with Crippen LogP contribution in [0.4, 0.5) is 0 Å². The Kier molecular flexibility index (Phi) is 12.4. The van der Waals surface area contributed by atoms with Crippen molar-refractivity contribution in [3.05, 3.63) is 47.0 Å². The molecule has 0 bridgehead atoms. The van der Waals surface area contributed by atoms with E-state index < -0.39 is 0 Å². The lowest BCUT2D eigenvalue weighted by Gasteiger charge is -2.26. The summed E-state index contributed by atoms with van der Waals surface area (Å²) in [7, 11) is 1.99. The number of aryl methyl sites for hydroxylation is 1. The van der Waals surface area contributed by atoms with Gasteiger partial charge in [-0.25, -0.2) is 4.99 Å². The third kappa shape index (κ3) is 8.90. The van der Waals surface area contributed by atoms with Gasteiger partial charge in [-0.3, -0.25) is 4.90 Å². The predicted molar refractivity (Wildman–Crippen MR) is 146 cm³/mol. The Morgan fingerprint density at radius 1 is 1.06 bits per heavy atom. The molecule has 1 aliphatic rings. The predicted octanol–water partition coefficient (Wildman–Crippen LogP) is 3.72. The highest BCUT2D eigenvalue weighted by Crippen LogP contribution is 2.14. The van der Waals surface area contributed by atoms with Gasteiger partial charge < -0.3 is 15.2 Å². The van der Waals surface area contributed by atoms with Gasteiger partial charge in [-0.15, -0.1) is 34.2 Å². The summed E-state index contributed by atoms with van der Waals surface area (Å²) in [5, 5.41) is 15.2. The van der Waals surface area contributed by atoms with Crippen LogP contribution in [-0.4, -0.2) is 57.3 Å². The summed E-state index contributed by atoms with van der Waals surface area (Å²) in [6, 6.07) is 8.92. The van der Waals surface area contributed by atoms with Crippen molar-refractivity contribution < 1.29 is 0 Å². The van der Waals surface area contributed by atoms with Gasteiger partial charge in [0.05, 0.1) is 13.1 Å². The summed E-state index contributed by atoms with van der Waals surface area (Å²) in [4.78, 5) is 7.37. The summed E-state index contributed by atoms with van der Waals surface area (Å²) in [6.45, 7) is 7.63. The van der Waals surface area contributed by atoms with E-state index in [1.807, 2.05) is 30.3 Å². The Hall–Kier alpha value is -1.33. The molecule has 0 atom stereocenters. The number of hydrogen-bond acceptors (Lipinski definition) is 5. The van der Waals surface area contributed by atoms with E-state index in [9.17, 15) is 0 Å². The summed E-state index contributed by atoms with van der Waals surface area (Å²) in [6.07, 6.45) is 7.29. The molecule has 1 aromatic heterocycles. The second kappa shape index (κ2) is 14.7. The largest absolute Gasteiger partial charge is 0.356 e. The van der Waals surface area contributed by atoms with E-state index in [0.29, 0.717) is 13.1 Å². The Balaban J connectivity index is 0.00000363. The van der Waals surface area contributed by atoms with Crippen molar-refractivity contribution in [1.29, 1.82) is 0 Å². The van der Waals surface area contributed by atoms with Crippen LogP contribution >= 0.6 is 35.7 Å². The summed E-state index contributed by atoms with van der Waals surface area (Å²) in [5.74, 6) is 3.77. The van der Waals surface area contributed by atoms with Crippen LogP contribution in [0.3, 0.4) is 0 Å². The maximum Gasteiger partial charge on any atom is 0.191 e. The van der Waals surface area contributed by atoms with E-state index in [-0.39, 0.29) is 24.0 Å². The van der Waals surface area contributed by atoms with Gasteiger partial charge in [0.1, 0.15) is 5.82 Å². The Labute approximate surface area is 214 Å². The van der Waals surface area contributed by atoms with E-state index in [1.54, 1.807) is 0 Å². The van der Waals surface area contributed by atoms with Gasteiger partial charge in [-0.05, 0) is 62.4 Å². The molecule has 0 spiro atoms. The normalized spacial score (nSPS) is 14.8. The number of nitrogens with zero attached hydrogens (tertiary/aromatic N) is 5. The van der Waals surface area contributed by atoms with Crippen molar-refractivity contribution >= 4 is 41.7 Å². The van der Waals surface area contributed by atoms with Gasteiger partial charge in [0.15, 0.2) is 11.8 Å². The van der Waals surface area contributed by atoms with Crippen LogP contribution in [0.15, 0.2) is 29.3 Å². The minimum atomic E-state index is 0. The molecule has 0 aliphatic carbocycles. The molecule has 9 heteroatoms. The number of hydrogen-bond donors (Lipinski definition) is 2. The number of thioether (sulfide) groups is 1. The SMILES string of the molecule is CSCCCNC(=NCc1ccc(CN2CCCCC2)cc1)NCc1nnc(C)n1C.I. The Morgan fingerprint density at radius 3 is 2.44 bits per heavy atom. The number of halogens is 1. The molecule has 1 aromatic carbocycles. The zero-order valence-electron chi connectivity index (χ0n) is 19.6. The fraction of sp³-hybridized carbons (Fsp3) is 0.609.